The lowest BCUT2D eigenvalue weighted by Crippen LogP contribution is -2.64. The van der Waals surface area contributed by atoms with Crippen LogP contribution in [0.3, 0.4) is 0 Å². The molecule has 1 heterocycles. The number of amides is 1. The molecule has 48 heavy (non-hydrogen) atoms. The quantitative estimate of drug-likeness (QED) is 0.235. The fourth-order valence-corrected chi connectivity index (χ4v) is 6.19. The fourth-order valence-electron chi connectivity index (χ4n) is 6.19. The Morgan fingerprint density at radius 2 is 1.54 bits per heavy atom. The first-order valence-electron chi connectivity index (χ1n) is 16.8. The molecule has 0 saturated carbocycles. The van der Waals surface area contributed by atoms with E-state index in [1.54, 1.807) is 19.2 Å². The van der Waals surface area contributed by atoms with E-state index in [1.165, 1.54) is 14.0 Å². The SMILES string of the molecule is CN[C@@H](CC(C)C)C(=O)O[C@H](Cc1ccc(N2CCOCC2)cc1)C(=O)N(C)[C@@](CC(C)C)(C(=O)O)C(C)C(=O)OCc1ccccc1. The minimum atomic E-state index is -1.98. The van der Waals surface area contributed by atoms with Gasteiger partial charge in [-0.2, -0.15) is 0 Å². The highest BCUT2D eigenvalue weighted by Gasteiger charge is 2.54. The molecule has 0 bridgehead atoms. The lowest BCUT2D eigenvalue weighted by Gasteiger charge is -2.43. The molecule has 264 valence electrons. The molecule has 0 aliphatic carbocycles. The Morgan fingerprint density at radius 3 is 2.08 bits per heavy atom. The van der Waals surface area contributed by atoms with Crippen molar-refractivity contribution in [2.45, 2.75) is 78.2 Å². The van der Waals surface area contributed by atoms with Gasteiger partial charge in [0.25, 0.3) is 5.91 Å². The van der Waals surface area contributed by atoms with Crippen molar-refractivity contribution in [1.29, 1.82) is 0 Å². The van der Waals surface area contributed by atoms with Crippen molar-refractivity contribution in [1.82, 2.24) is 10.2 Å². The Kier molecular flexibility index (Phi) is 14.4. The first kappa shape index (κ1) is 38.5. The monoisotopic (exact) mass is 667 g/mol. The number of rotatable bonds is 17. The summed E-state index contributed by atoms with van der Waals surface area (Å²) < 4.78 is 17.0. The first-order chi connectivity index (χ1) is 22.8. The number of carbonyl (C=O) groups excluding carboxylic acids is 3. The number of aliphatic carboxylic acids is 1. The number of nitrogens with one attached hydrogen (secondary N) is 1. The molecule has 0 aromatic heterocycles. The van der Waals surface area contributed by atoms with Gasteiger partial charge in [0.1, 0.15) is 12.6 Å². The van der Waals surface area contributed by atoms with E-state index in [4.69, 9.17) is 14.2 Å². The normalized spacial score (nSPS) is 16.5. The lowest BCUT2D eigenvalue weighted by atomic mass is 9.76. The van der Waals surface area contributed by atoms with E-state index in [0.717, 1.165) is 34.8 Å². The largest absolute Gasteiger partial charge is 0.479 e. The van der Waals surface area contributed by atoms with Crippen molar-refractivity contribution in [3.8, 4) is 0 Å². The topological polar surface area (TPSA) is 135 Å². The maximum Gasteiger partial charge on any atom is 0.330 e. The number of anilines is 1. The van der Waals surface area contributed by atoms with E-state index in [-0.39, 0.29) is 31.3 Å². The molecule has 1 saturated heterocycles. The number of morpholine rings is 1. The molecular weight excluding hydrogens is 614 g/mol. The van der Waals surface area contributed by atoms with E-state index in [2.05, 4.69) is 10.2 Å². The van der Waals surface area contributed by atoms with Crippen LogP contribution in [0.25, 0.3) is 0 Å². The highest BCUT2D eigenvalue weighted by molar-refractivity contribution is 5.94. The van der Waals surface area contributed by atoms with Gasteiger partial charge in [0.15, 0.2) is 11.6 Å². The number of carboxylic acids is 1. The molecule has 11 heteroatoms. The minimum absolute atomic E-state index is 0.0145. The predicted octanol–water partition coefficient (Wildman–Crippen LogP) is 4.32. The summed E-state index contributed by atoms with van der Waals surface area (Å²) in [5, 5.41) is 13.8. The van der Waals surface area contributed by atoms with Crippen molar-refractivity contribution < 1.29 is 38.5 Å². The third-order valence-corrected chi connectivity index (χ3v) is 8.92. The Morgan fingerprint density at radius 1 is 0.917 bits per heavy atom. The second kappa shape index (κ2) is 18.0. The summed E-state index contributed by atoms with van der Waals surface area (Å²) >= 11 is 0. The van der Waals surface area contributed by atoms with E-state index in [1.807, 2.05) is 70.2 Å². The number of ether oxygens (including phenoxy) is 3. The maximum absolute atomic E-state index is 14.5. The number of nitrogens with zero attached hydrogens (tertiary/aromatic N) is 2. The number of likely N-dealkylation sites (N-methyl/N-ethyl adjacent to an activating group) is 2. The number of hydrogen-bond acceptors (Lipinski definition) is 9. The Bertz CT molecular complexity index is 1340. The molecule has 1 aliphatic heterocycles. The van der Waals surface area contributed by atoms with Crippen LogP contribution in [0.1, 0.15) is 58.6 Å². The van der Waals surface area contributed by atoms with Crippen LogP contribution in [0.4, 0.5) is 5.69 Å². The van der Waals surface area contributed by atoms with Crippen molar-refractivity contribution >= 4 is 29.5 Å². The number of carbonyl (C=O) groups is 4. The lowest BCUT2D eigenvalue weighted by molar-refractivity contribution is -0.178. The third kappa shape index (κ3) is 10.0. The van der Waals surface area contributed by atoms with Crippen LogP contribution >= 0.6 is 0 Å². The standard InChI is InChI=1S/C37H53N3O8/c1-25(2)21-31(38-6)35(43)48-32(22-28-13-15-30(16-14-28)40-17-19-46-20-18-40)33(41)39(7)37(36(44)45,23-26(3)4)27(5)34(42)47-24-29-11-9-8-10-12-29/h8-16,25-27,31-32,38H,17-24H2,1-7H3,(H,44,45)/t27?,31-,32+,37+/m0/s1. The number of benzene rings is 2. The smallest absolute Gasteiger partial charge is 0.330 e. The second-order valence-corrected chi connectivity index (χ2v) is 13.4. The van der Waals surface area contributed by atoms with E-state index in [0.29, 0.717) is 19.6 Å². The van der Waals surface area contributed by atoms with Gasteiger partial charge in [-0.1, -0.05) is 70.2 Å². The summed E-state index contributed by atoms with van der Waals surface area (Å²) in [6.45, 7) is 11.9. The summed E-state index contributed by atoms with van der Waals surface area (Å²) in [7, 11) is 3.02. The van der Waals surface area contributed by atoms with E-state index >= 15 is 0 Å². The van der Waals surface area contributed by atoms with Gasteiger partial charge in [-0.15, -0.1) is 0 Å². The molecular formula is C37H53N3O8. The van der Waals surface area contributed by atoms with Crippen LogP contribution in [-0.2, 0) is 46.4 Å². The molecule has 2 aromatic rings. The summed E-state index contributed by atoms with van der Waals surface area (Å²) in [5.41, 5.74) is 0.510. The van der Waals surface area contributed by atoms with Gasteiger partial charge in [0, 0.05) is 32.2 Å². The molecule has 2 aromatic carbocycles. The zero-order valence-electron chi connectivity index (χ0n) is 29.4. The second-order valence-electron chi connectivity index (χ2n) is 13.4. The van der Waals surface area contributed by atoms with Crippen LogP contribution in [-0.4, -0.2) is 91.9 Å². The van der Waals surface area contributed by atoms with Gasteiger partial charge in [0.2, 0.25) is 0 Å². The molecule has 3 rings (SSSR count). The number of esters is 2. The molecule has 0 spiro atoms. The Hall–Kier alpha value is -3.96. The van der Waals surface area contributed by atoms with Crippen molar-refractivity contribution in [3.63, 3.8) is 0 Å². The molecule has 1 fully saturated rings. The van der Waals surface area contributed by atoms with Crippen LogP contribution in [0.2, 0.25) is 0 Å². The zero-order valence-corrected chi connectivity index (χ0v) is 29.4. The van der Waals surface area contributed by atoms with E-state index < -0.39 is 47.4 Å². The number of carboxylic acid groups (broad SMARTS) is 1. The van der Waals surface area contributed by atoms with Crippen LogP contribution in [0, 0.1) is 17.8 Å². The molecule has 0 radical (unpaired) electrons. The predicted molar refractivity (Wildman–Crippen MR) is 183 cm³/mol. The van der Waals surface area contributed by atoms with Crippen LogP contribution in [0.15, 0.2) is 54.6 Å². The average Bonchev–Trinajstić information content (AvgIpc) is 3.08. The fraction of sp³-hybridized carbons (Fsp3) is 0.568. The third-order valence-electron chi connectivity index (χ3n) is 8.92. The molecule has 1 unspecified atom stereocenters. The molecule has 1 amide bonds. The van der Waals surface area contributed by atoms with E-state index in [9.17, 15) is 24.3 Å². The summed E-state index contributed by atoms with van der Waals surface area (Å²) in [4.78, 5) is 57.9. The summed E-state index contributed by atoms with van der Waals surface area (Å²) in [5.74, 6) is -4.70. The average molecular weight is 668 g/mol. The molecule has 1 aliphatic rings. The molecule has 2 N–H and O–H groups in total. The Balaban J connectivity index is 1.96. The van der Waals surface area contributed by atoms with Gasteiger partial charge in [-0.25, -0.2) is 4.79 Å². The summed E-state index contributed by atoms with van der Waals surface area (Å²) in [6.07, 6.45) is -0.885. The van der Waals surface area contributed by atoms with Gasteiger partial charge >= 0.3 is 17.9 Å². The van der Waals surface area contributed by atoms with Gasteiger partial charge in [-0.3, -0.25) is 14.4 Å². The van der Waals surface area contributed by atoms with Gasteiger partial charge in [0.05, 0.1) is 19.1 Å². The highest BCUT2D eigenvalue weighted by atomic mass is 16.6. The van der Waals surface area contributed by atoms with Gasteiger partial charge < -0.3 is 34.4 Å². The molecule has 11 nitrogen and oxygen atoms in total. The van der Waals surface area contributed by atoms with Crippen molar-refractivity contribution in [3.05, 3.63) is 65.7 Å². The van der Waals surface area contributed by atoms with Crippen molar-refractivity contribution in [2.75, 3.05) is 45.3 Å². The maximum atomic E-state index is 14.5. The minimum Gasteiger partial charge on any atom is -0.479 e. The Labute approximate surface area is 284 Å². The number of hydrogen-bond donors (Lipinski definition) is 2. The first-order valence-corrected chi connectivity index (χ1v) is 16.8. The summed E-state index contributed by atoms with van der Waals surface area (Å²) in [6, 6.07) is 16.1. The molecule has 4 atom stereocenters. The van der Waals surface area contributed by atoms with Crippen molar-refractivity contribution in [2.24, 2.45) is 17.8 Å². The van der Waals surface area contributed by atoms with Crippen LogP contribution in [0.5, 0.6) is 0 Å². The van der Waals surface area contributed by atoms with Gasteiger partial charge in [-0.05, 0) is 61.9 Å². The highest BCUT2D eigenvalue weighted by Crippen LogP contribution is 2.34. The van der Waals surface area contributed by atoms with Crippen LogP contribution < -0.4 is 10.2 Å². The zero-order chi connectivity index (χ0) is 35.4.